The van der Waals surface area contributed by atoms with E-state index in [1.807, 2.05) is 32.3 Å². The van der Waals surface area contributed by atoms with Gasteiger partial charge in [0.15, 0.2) is 0 Å². The molecule has 7 heteroatoms. The molecule has 1 aromatic carbocycles. The standard InChI is InChI=1S/C8H11N.C5H2ClF3N2/c1-9(2)8-6-4-3-5-7-8;6-3-1-2-10-4(11-3)5(7,8)9/h3-7H,1-2H3;1-2H. The van der Waals surface area contributed by atoms with Crippen molar-refractivity contribution in [3.63, 3.8) is 0 Å². The van der Waals surface area contributed by atoms with Crippen LogP contribution >= 0.6 is 11.6 Å². The lowest BCUT2D eigenvalue weighted by Gasteiger charge is -2.10. The number of halogens is 4. The number of para-hydroxylation sites is 1. The number of hydrogen-bond donors (Lipinski definition) is 0. The van der Waals surface area contributed by atoms with Crippen LogP contribution in [0, 0.1) is 0 Å². The van der Waals surface area contributed by atoms with Crippen molar-refractivity contribution < 1.29 is 13.2 Å². The van der Waals surface area contributed by atoms with Crippen molar-refractivity contribution in [2.75, 3.05) is 19.0 Å². The van der Waals surface area contributed by atoms with Gasteiger partial charge in [0.25, 0.3) is 0 Å². The van der Waals surface area contributed by atoms with Crippen LogP contribution < -0.4 is 4.90 Å². The molecule has 3 nitrogen and oxygen atoms in total. The summed E-state index contributed by atoms with van der Waals surface area (Å²) in [6.07, 6.45) is -3.57. The van der Waals surface area contributed by atoms with Gasteiger partial charge in [-0.3, -0.25) is 0 Å². The van der Waals surface area contributed by atoms with Crippen LogP contribution in [0.15, 0.2) is 42.6 Å². The van der Waals surface area contributed by atoms with Gasteiger partial charge in [0, 0.05) is 26.0 Å². The molecule has 0 spiro atoms. The van der Waals surface area contributed by atoms with E-state index >= 15 is 0 Å². The van der Waals surface area contributed by atoms with Crippen molar-refractivity contribution in [2.45, 2.75) is 6.18 Å². The number of nitrogens with zero attached hydrogens (tertiary/aromatic N) is 3. The van der Waals surface area contributed by atoms with Gasteiger partial charge in [-0.25, -0.2) is 9.97 Å². The largest absolute Gasteiger partial charge is 0.451 e. The highest BCUT2D eigenvalue weighted by Gasteiger charge is 2.34. The van der Waals surface area contributed by atoms with Crippen molar-refractivity contribution in [1.29, 1.82) is 0 Å². The lowest BCUT2D eigenvalue weighted by molar-refractivity contribution is -0.145. The average Bonchev–Trinajstić information content (AvgIpc) is 2.39. The maximum absolute atomic E-state index is 11.8. The van der Waals surface area contributed by atoms with Gasteiger partial charge in [-0.15, -0.1) is 0 Å². The van der Waals surface area contributed by atoms with Crippen molar-refractivity contribution >= 4 is 17.3 Å². The highest BCUT2D eigenvalue weighted by atomic mass is 35.5. The van der Waals surface area contributed by atoms with E-state index in [-0.39, 0.29) is 5.15 Å². The highest BCUT2D eigenvalue weighted by molar-refractivity contribution is 6.29. The van der Waals surface area contributed by atoms with E-state index in [2.05, 4.69) is 27.0 Å². The molecule has 0 fully saturated rings. The minimum absolute atomic E-state index is 0.215. The first-order valence-corrected chi connectivity index (χ1v) is 5.96. The molecular formula is C13H13ClF3N3. The first-order valence-electron chi connectivity index (χ1n) is 5.59. The quantitative estimate of drug-likeness (QED) is 0.748. The average molecular weight is 304 g/mol. The number of hydrogen-bond acceptors (Lipinski definition) is 3. The Hall–Kier alpha value is -1.82. The summed E-state index contributed by atoms with van der Waals surface area (Å²) in [6, 6.07) is 11.4. The van der Waals surface area contributed by atoms with Crippen LogP contribution in [0.25, 0.3) is 0 Å². The molecule has 0 radical (unpaired) electrons. The van der Waals surface area contributed by atoms with Crippen LogP contribution in [0.3, 0.4) is 0 Å². The number of aromatic nitrogens is 2. The summed E-state index contributed by atoms with van der Waals surface area (Å²) in [5.41, 5.74) is 1.25. The normalized spacial score (nSPS) is 10.5. The Morgan fingerprint density at radius 1 is 1.05 bits per heavy atom. The monoisotopic (exact) mass is 303 g/mol. The summed E-state index contributed by atoms with van der Waals surface area (Å²) >= 11 is 5.20. The van der Waals surface area contributed by atoms with Crippen LogP contribution in [0.1, 0.15) is 5.82 Å². The van der Waals surface area contributed by atoms with Crippen LogP contribution in [0.2, 0.25) is 5.15 Å². The molecule has 0 N–H and O–H groups in total. The zero-order valence-corrected chi connectivity index (χ0v) is 11.7. The Labute approximate surface area is 120 Å². The summed E-state index contributed by atoms with van der Waals surface area (Å²) in [4.78, 5) is 8.05. The molecule has 20 heavy (non-hydrogen) atoms. The van der Waals surface area contributed by atoms with E-state index < -0.39 is 12.0 Å². The third-order valence-electron chi connectivity index (χ3n) is 2.15. The molecular weight excluding hydrogens is 291 g/mol. The number of benzene rings is 1. The van der Waals surface area contributed by atoms with Crippen LogP contribution in [0.5, 0.6) is 0 Å². The first-order chi connectivity index (χ1) is 9.30. The van der Waals surface area contributed by atoms with Crippen molar-refractivity contribution in [3.05, 3.63) is 53.6 Å². The molecule has 1 heterocycles. The lowest BCUT2D eigenvalue weighted by Crippen LogP contribution is -2.10. The topological polar surface area (TPSA) is 29.0 Å². The molecule has 0 aliphatic heterocycles. The van der Waals surface area contributed by atoms with Gasteiger partial charge in [0.1, 0.15) is 5.15 Å². The summed E-state index contributed by atoms with van der Waals surface area (Å²) in [7, 11) is 4.07. The van der Waals surface area contributed by atoms with Crippen molar-refractivity contribution in [3.8, 4) is 0 Å². The predicted molar refractivity (Wildman–Crippen MR) is 72.8 cm³/mol. The number of rotatable bonds is 1. The highest BCUT2D eigenvalue weighted by Crippen LogP contribution is 2.26. The summed E-state index contributed by atoms with van der Waals surface area (Å²) in [5.74, 6) is -1.22. The molecule has 0 aliphatic carbocycles. The second-order valence-electron chi connectivity index (χ2n) is 3.93. The minimum Gasteiger partial charge on any atom is -0.378 e. The van der Waals surface area contributed by atoms with Crippen LogP contribution in [-0.2, 0) is 6.18 Å². The smallest absolute Gasteiger partial charge is 0.378 e. The fourth-order valence-corrected chi connectivity index (χ4v) is 1.34. The van der Waals surface area contributed by atoms with E-state index in [0.717, 1.165) is 6.20 Å². The zero-order chi connectivity index (χ0) is 15.2. The van der Waals surface area contributed by atoms with E-state index in [1.54, 1.807) is 0 Å². The molecule has 0 atom stereocenters. The van der Waals surface area contributed by atoms with E-state index in [0.29, 0.717) is 0 Å². The van der Waals surface area contributed by atoms with Crippen molar-refractivity contribution in [2.24, 2.45) is 0 Å². The summed E-state index contributed by atoms with van der Waals surface area (Å²) in [6.45, 7) is 0. The Morgan fingerprint density at radius 2 is 1.65 bits per heavy atom. The van der Waals surface area contributed by atoms with Crippen LogP contribution in [-0.4, -0.2) is 24.1 Å². The molecule has 0 amide bonds. The van der Waals surface area contributed by atoms with Gasteiger partial charge in [-0.05, 0) is 18.2 Å². The van der Waals surface area contributed by atoms with Gasteiger partial charge < -0.3 is 4.90 Å². The van der Waals surface area contributed by atoms with Crippen LogP contribution in [0.4, 0.5) is 18.9 Å². The Kier molecular flexibility index (Phi) is 5.76. The van der Waals surface area contributed by atoms with Crippen molar-refractivity contribution in [1.82, 2.24) is 9.97 Å². The Morgan fingerprint density at radius 3 is 2.00 bits per heavy atom. The number of anilines is 1. The maximum Gasteiger partial charge on any atom is 0.451 e. The molecule has 2 aromatic rings. The molecule has 2 rings (SSSR count). The molecule has 0 unspecified atom stereocenters. The molecule has 0 aliphatic rings. The van der Waals surface area contributed by atoms with Gasteiger partial charge in [-0.2, -0.15) is 13.2 Å². The van der Waals surface area contributed by atoms with Gasteiger partial charge in [0.05, 0.1) is 0 Å². The number of alkyl halides is 3. The zero-order valence-electron chi connectivity index (χ0n) is 10.9. The summed E-state index contributed by atoms with van der Waals surface area (Å²) in [5, 5.41) is -0.215. The van der Waals surface area contributed by atoms with Gasteiger partial charge in [-0.1, -0.05) is 29.8 Å². The van der Waals surface area contributed by atoms with Gasteiger partial charge >= 0.3 is 6.18 Å². The SMILES string of the molecule is CN(C)c1ccccc1.FC(F)(F)c1nccc(Cl)n1. The molecule has 0 saturated carbocycles. The Balaban J connectivity index is 0.000000204. The molecule has 108 valence electrons. The molecule has 1 aromatic heterocycles. The minimum atomic E-state index is -4.52. The van der Waals surface area contributed by atoms with Gasteiger partial charge in [0.2, 0.25) is 5.82 Å². The van der Waals surface area contributed by atoms with E-state index in [9.17, 15) is 13.2 Å². The first kappa shape index (κ1) is 16.2. The second-order valence-corrected chi connectivity index (χ2v) is 4.32. The summed E-state index contributed by atoms with van der Waals surface area (Å²) < 4.78 is 35.4. The van der Waals surface area contributed by atoms with E-state index in [1.165, 1.54) is 11.8 Å². The Bertz CT molecular complexity index is 530. The molecule has 0 saturated heterocycles. The third-order valence-corrected chi connectivity index (χ3v) is 2.36. The molecule has 0 bridgehead atoms. The predicted octanol–water partition coefficient (Wildman–Crippen LogP) is 3.90. The fraction of sp³-hybridized carbons (Fsp3) is 0.231. The van der Waals surface area contributed by atoms with E-state index in [4.69, 9.17) is 11.6 Å². The fourth-order valence-electron chi connectivity index (χ4n) is 1.20. The second kappa shape index (κ2) is 7.09. The lowest BCUT2D eigenvalue weighted by atomic mass is 10.3. The maximum atomic E-state index is 11.8. The third kappa shape index (κ3) is 5.44.